The Kier molecular flexibility index (Phi) is 4.07. The molecule has 4 rings (SSSR count). The van der Waals surface area contributed by atoms with Crippen LogP contribution in [0.1, 0.15) is 22.7 Å². The number of rotatable bonds is 2. The highest BCUT2D eigenvalue weighted by molar-refractivity contribution is 9.10. The number of allylic oxidation sites excluding steroid dienone is 1. The molecule has 0 spiro atoms. The third-order valence-electron chi connectivity index (χ3n) is 4.14. The Balaban J connectivity index is 1.75. The minimum absolute atomic E-state index is 0.352. The normalized spacial score (nSPS) is 16.6. The van der Waals surface area contributed by atoms with Gasteiger partial charge in [0.15, 0.2) is 0 Å². The van der Waals surface area contributed by atoms with Gasteiger partial charge in [-0.15, -0.1) is 0 Å². The van der Waals surface area contributed by atoms with Crippen LogP contribution in [0.3, 0.4) is 0 Å². The Labute approximate surface area is 155 Å². The van der Waals surface area contributed by atoms with Gasteiger partial charge in [0.05, 0.1) is 5.56 Å². The lowest BCUT2D eigenvalue weighted by Crippen LogP contribution is -2.20. The largest absolute Gasteiger partial charge is 0.416 e. The summed E-state index contributed by atoms with van der Waals surface area (Å²) in [5, 5.41) is 7.40. The van der Waals surface area contributed by atoms with Crippen molar-refractivity contribution in [3.8, 4) is 0 Å². The molecule has 0 amide bonds. The molecule has 0 saturated carbocycles. The van der Waals surface area contributed by atoms with Gasteiger partial charge in [-0.1, -0.05) is 40.2 Å². The fourth-order valence-electron chi connectivity index (χ4n) is 2.84. The van der Waals surface area contributed by atoms with Gasteiger partial charge in [-0.3, -0.25) is 0 Å². The molecule has 2 aromatic carbocycles. The van der Waals surface area contributed by atoms with E-state index >= 15 is 0 Å². The Morgan fingerprint density at radius 1 is 1.00 bits per heavy atom. The molecule has 3 aromatic rings. The van der Waals surface area contributed by atoms with Crippen molar-refractivity contribution in [3.63, 3.8) is 0 Å². The minimum Gasteiger partial charge on any atom is -0.324 e. The summed E-state index contributed by atoms with van der Waals surface area (Å²) in [7, 11) is 0. The molecule has 0 aliphatic carbocycles. The number of nitrogens with zero attached hydrogens (tertiary/aromatic N) is 3. The van der Waals surface area contributed by atoms with E-state index in [9.17, 15) is 13.2 Å². The summed E-state index contributed by atoms with van der Waals surface area (Å²) in [5.41, 5.74) is 1.79. The van der Waals surface area contributed by atoms with Gasteiger partial charge in [0.25, 0.3) is 0 Å². The summed E-state index contributed by atoms with van der Waals surface area (Å²) in [5.74, 6) is 0.537. The number of hydrogen-bond acceptors (Lipinski definition) is 3. The van der Waals surface area contributed by atoms with Gasteiger partial charge in [-0.05, 0) is 41.5 Å². The van der Waals surface area contributed by atoms with Crippen molar-refractivity contribution in [1.82, 2.24) is 14.8 Å². The number of halogens is 4. The molecule has 4 nitrogen and oxygen atoms in total. The van der Waals surface area contributed by atoms with Crippen LogP contribution in [0.25, 0.3) is 5.70 Å². The monoisotopic (exact) mass is 420 g/mol. The van der Waals surface area contributed by atoms with Crippen molar-refractivity contribution in [2.24, 2.45) is 0 Å². The Morgan fingerprint density at radius 2 is 1.69 bits per heavy atom. The number of anilines is 1. The van der Waals surface area contributed by atoms with E-state index in [1.165, 1.54) is 18.5 Å². The first-order valence-corrected chi connectivity index (χ1v) is 8.52. The lowest BCUT2D eigenvalue weighted by Gasteiger charge is -2.24. The maximum absolute atomic E-state index is 12.8. The molecule has 1 aliphatic rings. The SMILES string of the molecule is FC(F)(F)c1ccc([C@@H]2C=C(c3ccc(Br)cc3)Nc3ncnn32)cc1. The van der Waals surface area contributed by atoms with Gasteiger partial charge >= 0.3 is 6.18 Å². The predicted molar refractivity (Wildman–Crippen MR) is 95.3 cm³/mol. The number of hydrogen-bond donors (Lipinski definition) is 1. The fourth-order valence-corrected chi connectivity index (χ4v) is 3.10. The maximum Gasteiger partial charge on any atom is 0.416 e. The van der Waals surface area contributed by atoms with E-state index in [0.717, 1.165) is 27.9 Å². The standard InChI is InChI=1S/C18H12BrF3N4/c19-14-7-3-11(4-8-14)15-9-16(26-17(25-15)23-10-24-26)12-1-5-13(6-2-12)18(20,21)22/h1-10,16H,(H,23,24,25)/t16-/m0/s1. The third-order valence-corrected chi connectivity index (χ3v) is 4.67. The highest BCUT2D eigenvalue weighted by Crippen LogP contribution is 2.34. The Morgan fingerprint density at radius 3 is 2.35 bits per heavy atom. The zero-order valence-corrected chi connectivity index (χ0v) is 14.8. The minimum atomic E-state index is -4.36. The lowest BCUT2D eigenvalue weighted by molar-refractivity contribution is -0.137. The number of aromatic nitrogens is 3. The summed E-state index contributed by atoms with van der Waals surface area (Å²) in [4.78, 5) is 4.19. The Hall–Kier alpha value is -2.61. The first kappa shape index (κ1) is 16.8. The van der Waals surface area contributed by atoms with E-state index in [-0.39, 0.29) is 6.04 Å². The van der Waals surface area contributed by atoms with Gasteiger partial charge in [0.2, 0.25) is 5.95 Å². The molecule has 1 aliphatic heterocycles. The van der Waals surface area contributed by atoms with Crippen LogP contribution < -0.4 is 5.32 Å². The summed E-state index contributed by atoms with van der Waals surface area (Å²) in [6.45, 7) is 0. The van der Waals surface area contributed by atoms with E-state index in [1.807, 2.05) is 30.3 Å². The number of benzene rings is 2. The first-order valence-electron chi connectivity index (χ1n) is 7.73. The zero-order valence-electron chi connectivity index (χ0n) is 13.2. The molecule has 132 valence electrons. The van der Waals surface area contributed by atoms with Crippen molar-refractivity contribution in [1.29, 1.82) is 0 Å². The van der Waals surface area contributed by atoms with Crippen molar-refractivity contribution in [2.75, 3.05) is 5.32 Å². The van der Waals surface area contributed by atoms with Crippen LogP contribution in [0.5, 0.6) is 0 Å². The second kappa shape index (κ2) is 6.28. The van der Waals surface area contributed by atoms with Gasteiger partial charge in [-0.2, -0.15) is 23.3 Å². The molecule has 0 unspecified atom stereocenters. The molecule has 8 heteroatoms. The van der Waals surface area contributed by atoms with Crippen LogP contribution in [-0.2, 0) is 6.18 Å². The van der Waals surface area contributed by atoms with Crippen molar-refractivity contribution < 1.29 is 13.2 Å². The van der Waals surface area contributed by atoms with Crippen LogP contribution in [0, 0.1) is 0 Å². The summed E-state index contributed by atoms with van der Waals surface area (Å²) >= 11 is 3.40. The van der Waals surface area contributed by atoms with Gasteiger partial charge in [0.1, 0.15) is 12.4 Å². The lowest BCUT2D eigenvalue weighted by atomic mass is 10.0. The number of fused-ring (bicyclic) bond motifs is 1. The third kappa shape index (κ3) is 3.12. The molecule has 1 N–H and O–H groups in total. The molecule has 0 radical (unpaired) electrons. The molecular formula is C18H12BrF3N4. The molecule has 0 fully saturated rings. The van der Waals surface area contributed by atoms with E-state index in [1.54, 1.807) is 4.68 Å². The average molecular weight is 421 g/mol. The number of alkyl halides is 3. The van der Waals surface area contributed by atoms with E-state index < -0.39 is 11.7 Å². The zero-order chi connectivity index (χ0) is 18.3. The summed E-state index contributed by atoms with van der Waals surface area (Å²) in [6.07, 6.45) is -1.02. The maximum atomic E-state index is 12.8. The van der Waals surface area contributed by atoms with Crippen LogP contribution in [0.15, 0.2) is 65.4 Å². The molecular weight excluding hydrogens is 409 g/mol. The molecule has 26 heavy (non-hydrogen) atoms. The Bertz CT molecular complexity index is 959. The van der Waals surface area contributed by atoms with E-state index in [2.05, 4.69) is 31.3 Å². The van der Waals surface area contributed by atoms with E-state index in [0.29, 0.717) is 11.5 Å². The van der Waals surface area contributed by atoms with Crippen LogP contribution in [0.4, 0.5) is 19.1 Å². The van der Waals surface area contributed by atoms with Crippen molar-refractivity contribution in [2.45, 2.75) is 12.2 Å². The van der Waals surface area contributed by atoms with E-state index in [4.69, 9.17) is 0 Å². The topological polar surface area (TPSA) is 42.7 Å². The second-order valence-corrected chi connectivity index (χ2v) is 6.72. The first-order chi connectivity index (χ1) is 12.4. The molecule has 0 bridgehead atoms. The van der Waals surface area contributed by atoms with Gasteiger partial charge in [0, 0.05) is 10.2 Å². The van der Waals surface area contributed by atoms with Crippen LogP contribution in [0.2, 0.25) is 0 Å². The van der Waals surface area contributed by atoms with Gasteiger partial charge in [-0.25, -0.2) is 4.68 Å². The summed E-state index contributed by atoms with van der Waals surface area (Å²) in [6, 6.07) is 12.5. The second-order valence-electron chi connectivity index (χ2n) is 5.81. The molecule has 1 atom stereocenters. The molecule has 1 aromatic heterocycles. The van der Waals surface area contributed by atoms with Crippen molar-refractivity contribution >= 4 is 27.6 Å². The highest BCUT2D eigenvalue weighted by atomic mass is 79.9. The van der Waals surface area contributed by atoms with Crippen LogP contribution >= 0.6 is 15.9 Å². The quantitative estimate of drug-likeness (QED) is 0.625. The highest BCUT2D eigenvalue weighted by Gasteiger charge is 2.31. The fraction of sp³-hybridized carbons (Fsp3) is 0.111. The average Bonchev–Trinajstić information content (AvgIpc) is 3.09. The number of nitrogens with one attached hydrogen (secondary N) is 1. The van der Waals surface area contributed by atoms with Crippen molar-refractivity contribution in [3.05, 3.63) is 82.1 Å². The smallest absolute Gasteiger partial charge is 0.324 e. The summed E-state index contributed by atoms with van der Waals surface area (Å²) < 4.78 is 41.0. The molecule has 0 saturated heterocycles. The van der Waals surface area contributed by atoms with Gasteiger partial charge < -0.3 is 5.32 Å². The molecule has 2 heterocycles. The predicted octanol–water partition coefficient (Wildman–Crippen LogP) is 5.12. The van der Waals surface area contributed by atoms with Crippen LogP contribution in [-0.4, -0.2) is 14.8 Å².